The van der Waals surface area contributed by atoms with Gasteiger partial charge in [-0.05, 0) is 32.0 Å². The van der Waals surface area contributed by atoms with E-state index in [0.29, 0.717) is 5.56 Å². The summed E-state index contributed by atoms with van der Waals surface area (Å²) >= 11 is 0. The van der Waals surface area contributed by atoms with Crippen molar-refractivity contribution in [2.75, 3.05) is 20.2 Å². The molecule has 1 heterocycles. The van der Waals surface area contributed by atoms with E-state index in [4.69, 9.17) is 4.74 Å². The second kappa shape index (κ2) is 6.33. The Kier molecular flexibility index (Phi) is 4.52. The molecule has 7 heteroatoms. The van der Waals surface area contributed by atoms with Crippen molar-refractivity contribution in [3.05, 3.63) is 33.9 Å². The lowest BCUT2D eigenvalue weighted by atomic mass is 10.1. The third kappa shape index (κ3) is 3.24. The second-order valence-corrected chi connectivity index (χ2v) is 4.64. The molecule has 0 radical (unpaired) electrons. The smallest absolute Gasteiger partial charge is 0.273 e. The summed E-state index contributed by atoms with van der Waals surface area (Å²) in [5, 5.41) is 16.9. The molecular formula is C13H17N3O4. The van der Waals surface area contributed by atoms with Gasteiger partial charge < -0.3 is 15.4 Å². The molecule has 1 aromatic rings. The molecule has 1 aliphatic rings. The van der Waals surface area contributed by atoms with E-state index in [1.54, 1.807) is 0 Å². The van der Waals surface area contributed by atoms with Gasteiger partial charge in [0.2, 0.25) is 0 Å². The van der Waals surface area contributed by atoms with Crippen molar-refractivity contribution >= 4 is 11.6 Å². The monoisotopic (exact) mass is 279 g/mol. The Labute approximate surface area is 116 Å². The first-order valence-corrected chi connectivity index (χ1v) is 6.46. The largest absolute Gasteiger partial charge is 0.496 e. The van der Waals surface area contributed by atoms with E-state index in [2.05, 4.69) is 10.6 Å². The summed E-state index contributed by atoms with van der Waals surface area (Å²) < 4.78 is 5.07. The molecular weight excluding hydrogens is 262 g/mol. The van der Waals surface area contributed by atoms with Gasteiger partial charge in [-0.1, -0.05) is 0 Å². The van der Waals surface area contributed by atoms with Gasteiger partial charge >= 0.3 is 0 Å². The standard InChI is InChI=1S/C13H17N3O4/c1-20-12-8-10(16(18)19)2-3-11(12)13(17)15-9-4-6-14-7-5-9/h2-3,8-9,14H,4-7H2,1H3,(H,15,17). The molecule has 108 valence electrons. The van der Waals surface area contributed by atoms with Crippen LogP contribution >= 0.6 is 0 Å². The number of carbonyl (C=O) groups excluding carboxylic acids is 1. The average molecular weight is 279 g/mol. The lowest BCUT2D eigenvalue weighted by molar-refractivity contribution is -0.384. The number of carbonyl (C=O) groups is 1. The van der Waals surface area contributed by atoms with Crippen LogP contribution in [-0.2, 0) is 0 Å². The fourth-order valence-electron chi connectivity index (χ4n) is 2.21. The first-order valence-electron chi connectivity index (χ1n) is 6.46. The highest BCUT2D eigenvalue weighted by Crippen LogP contribution is 2.24. The van der Waals surface area contributed by atoms with Gasteiger partial charge in [-0.3, -0.25) is 14.9 Å². The van der Waals surface area contributed by atoms with Crippen molar-refractivity contribution in [1.82, 2.24) is 10.6 Å². The van der Waals surface area contributed by atoms with Gasteiger partial charge in [0.15, 0.2) is 0 Å². The quantitative estimate of drug-likeness (QED) is 0.635. The number of nitrogens with one attached hydrogen (secondary N) is 2. The van der Waals surface area contributed by atoms with Gasteiger partial charge in [0.1, 0.15) is 5.75 Å². The van der Waals surface area contributed by atoms with Crippen LogP contribution in [0.3, 0.4) is 0 Å². The number of piperidine rings is 1. The van der Waals surface area contributed by atoms with E-state index in [9.17, 15) is 14.9 Å². The zero-order valence-electron chi connectivity index (χ0n) is 11.2. The van der Waals surface area contributed by atoms with E-state index in [0.717, 1.165) is 25.9 Å². The number of nitrogens with zero attached hydrogens (tertiary/aromatic N) is 1. The second-order valence-electron chi connectivity index (χ2n) is 4.64. The third-order valence-corrected chi connectivity index (χ3v) is 3.31. The summed E-state index contributed by atoms with van der Waals surface area (Å²) in [6, 6.07) is 4.12. The van der Waals surface area contributed by atoms with Gasteiger partial charge in [-0.15, -0.1) is 0 Å². The van der Waals surface area contributed by atoms with E-state index in [1.807, 2.05) is 0 Å². The zero-order valence-corrected chi connectivity index (χ0v) is 11.2. The molecule has 2 N–H and O–H groups in total. The van der Waals surface area contributed by atoms with Crippen LogP contribution in [-0.4, -0.2) is 37.1 Å². The molecule has 0 bridgehead atoms. The van der Waals surface area contributed by atoms with Gasteiger partial charge in [-0.2, -0.15) is 0 Å². The minimum Gasteiger partial charge on any atom is -0.496 e. The molecule has 1 saturated heterocycles. The fraction of sp³-hybridized carbons (Fsp3) is 0.462. The van der Waals surface area contributed by atoms with Crippen molar-refractivity contribution in [2.24, 2.45) is 0 Å². The molecule has 20 heavy (non-hydrogen) atoms. The molecule has 2 rings (SSSR count). The molecule has 7 nitrogen and oxygen atoms in total. The van der Waals surface area contributed by atoms with Crippen LogP contribution in [0, 0.1) is 10.1 Å². The summed E-state index contributed by atoms with van der Waals surface area (Å²) in [5.41, 5.74) is 0.219. The van der Waals surface area contributed by atoms with Crippen molar-refractivity contribution in [3.8, 4) is 5.75 Å². The normalized spacial score (nSPS) is 15.7. The van der Waals surface area contributed by atoms with Crippen LogP contribution in [0.5, 0.6) is 5.75 Å². The average Bonchev–Trinajstić information content (AvgIpc) is 2.47. The summed E-state index contributed by atoms with van der Waals surface area (Å²) in [5.74, 6) is -0.0470. The number of nitro benzene ring substituents is 1. The number of ether oxygens (including phenoxy) is 1. The zero-order chi connectivity index (χ0) is 14.5. The minimum atomic E-state index is -0.517. The topological polar surface area (TPSA) is 93.5 Å². The first-order chi connectivity index (χ1) is 9.61. The third-order valence-electron chi connectivity index (χ3n) is 3.31. The summed E-state index contributed by atoms with van der Waals surface area (Å²) in [6.07, 6.45) is 1.75. The summed E-state index contributed by atoms with van der Waals surface area (Å²) in [6.45, 7) is 1.75. The Morgan fingerprint density at radius 3 is 2.75 bits per heavy atom. The molecule has 0 aliphatic carbocycles. The lowest BCUT2D eigenvalue weighted by Gasteiger charge is -2.24. The Bertz CT molecular complexity index is 512. The lowest BCUT2D eigenvalue weighted by Crippen LogP contribution is -2.42. The first kappa shape index (κ1) is 14.3. The van der Waals surface area contributed by atoms with Crippen LogP contribution < -0.4 is 15.4 Å². The molecule has 0 saturated carbocycles. The van der Waals surface area contributed by atoms with E-state index in [-0.39, 0.29) is 23.4 Å². The van der Waals surface area contributed by atoms with Gasteiger partial charge in [0.05, 0.1) is 23.7 Å². The number of methoxy groups -OCH3 is 1. The van der Waals surface area contributed by atoms with Crippen LogP contribution in [0.15, 0.2) is 18.2 Å². The number of nitro groups is 1. The molecule has 1 aliphatic heterocycles. The van der Waals surface area contributed by atoms with E-state index < -0.39 is 4.92 Å². The van der Waals surface area contributed by atoms with Crippen LogP contribution in [0.25, 0.3) is 0 Å². The Morgan fingerprint density at radius 2 is 2.15 bits per heavy atom. The number of hydrogen-bond acceptors (Lipinski definition) is 5. The van der Waals surface area contributed by atoms with Crippen LogP contribution in [0.1, 0.15) is 23.2 Å². The Balaban J connectivity index is 2.14. The number of non-ortho nitro benzene ring substituents is 1. The molecule has 0 aromatic heterocycles. The number of hydrogen-bond donors (Lipinski definition) is 2. The van der Waals surface area contributed by atoms with Gasteiger partial charge in [-0.25, -0.2) is 0 Å². The van der Waals surface area contributed by atoms with Crippen molar-refractivity contribution in [2.45, 2.75) is 18.9 Å². The number of amides is 1. The summed E-state index contributed by atoms with van der Waals surface area (Å²) in [7, 11) is 1.39. The minimum absolute atomic E-state index is 0.0970. The maximum absolute atomic E-state index is 12.2. The highest BCUT2D eigenvalue weighted by atomic mass is 16.6. The van der Waals surface area contributed by atoms with E-state index >= 15 is 0 Å². The molecule has 1 amide bonds. The molecule has 0 spiro atoms. The number of rotatable bonds is 4. The maximum atomic E-state index is 12.2. The fourth-order valence-corrected chi connectivity index (χ4v) is 2.21. The van der Waals surface area contributed by atoms with Crippen LogP contribution in [0.2, 0.25) is 0 Å². The maximum Gasteiger partial charge on any atom is 0.273 e. The molecule has 1 fully saturated rings. The van der Waals surface area contributed by atoms with Gasteiger partial charge in [0.25, 0.3) is 11.6 Å². The SMILES string of the molecule is COc1cc([N+](=O)[O-])ccc1C(=O)NC1CCNCC1. The number of benzene rings is 1. The van der Waals surface area contributed by atoms with Crippen molar-refractivity contribution in [3.63, 3.8) is 0 Å². The Hall–Kier alpha value is -2.15. The van der Waals surface area contributed by atoms with Crippen LogP contribution in [0.4, 0.5) is 5.69 Å². The predicted molar refractivity (Wildman–Crippen MR) is 73.0 cm³/mol. The van der Waals surface area contributed by atoms with Crippen molar-refractivity contribution < 1.29 is 14.5 Å². The predicted octanol–water partition coefficient (Wildman–Crippen LogP) is 1.09. The highest BCUT2D eigenvalue weighted by molar-refractivity contribution is 5.97. The van der Waals surface area contributed by atoms with E-state index in [1.165, 1.54) is 25.3 Å². The molecule has 0 unspecified atom stereocenters. The highest BCUT2D eigenvalue weighted by Gasteiger charge is 2.20. The molecule has 0 atom stereocenters. The molecule has 1 aromatic carbocycles. The van der Waals surface area contributed by atoms with Gasteiger partial charge in [0, 0.05) is 12.1 Å². The Morgan fingerprint density at radius 1 is 1.45 bits per heavy atom. The van der Waals surface area contributed by atoms with Crippen molar-refractivity contribution in [1.29, 1.82) is 0 Å². The summed E-state index contributed by atoms with van der Waals surface area (Å²) in [4.78, 5) is 22.4.